The van der Waals surface area contributed by atoms with Gasteiger partial charge in [-0.15, -0.1) is 13.2 Å². The number of fused-ring (bicyclic) bond motifs is 1. The molecule has 0 aliphatic carbocycles. The topological polar surface area (TPSA) is 72.7 Å². The number of aryl methyl sites for hydroxylation is 1. The van der Waals surface area contributed by atoms with Crippen molar-refractivity contribution in [2.24, 2.45) is 0 Å². The van der Waals surface area contributed by atoms with Crippen LogP contribution in [-0.4, -0.2) is 24.2 Å². The summed E-state index contributed by atoms with van der Waals surface area (Å²) in [7, 11) is -4.02. The average Bonchev–Trinajstić information content (AvgIpc) is 3.10. The van der Waals surface area contributed by atoms with E-state index in [2.05, 4.69) is 14.4 Å². The third-order valence-electron chi connectivity index (χ3n) is 4.39. The number of nitrogens with one attached hydrogen (secondary N) is 1. The molecule has 0 atom stereocenters. The number of imidazole rings is 1. The molecule has 0 saturated carbocycles. The second-order valence-corrected chi connectivity index (χ2v) is 8.48. The van der Waals surface area contributed by atoms with E-state index in [0.717, 1.165) is 35.5 Å². The van der Waals surface area contributed by atoms with E-state index >= 15 is 0 Å². The zero-order valence-corrected chi connectivity index (χ0v) is 16.9. The van der Waals surface area contributed by atoms with Crippen molar-refractivity contribution in [2.75, 3.05) is 4.72 Å². The van der Waals surface area contributed by atoms with Crippen LogP contribution in [0.4, 0.5) is 18.9 Å². The Morgan fingerprint density at radius 1 is 1.03 bits per heavy atom. The van der Waals surface area contributed by atoms with Crippen LogP contribution in [0, 0.1) is 6.92 Å². The van der Waals surface area contributed by atoms with Gasteiger partial charge in [0.05, 0.1) is 10.6 Å². The Morgan fingerprint density at radius 2 is 1.77 bits per heavy atom. The number of benzene rings is 2. The molecule has 10 heteroatoms. The highest BCUT2D eigenvalue weighted by Gasteiger charge is 2.31. The minimum Gasteiger partial charge on any atom is -0.406 e. The molecule has 0 unspecified atom stereocenters. The van der Waals surface area contributed by atoms with Crippen molar-refractivity contribution in [3.8, 4) is 17.0 Å². The van der Waals surface area contributed by atoms with Gasteiger partial charge < -0.3 is 9.14 Å². The Hall–Kier alpha value is -3.53. The van der Waals surface area contributed by atoms with E-state index in [1.165, 1.54) is 0 Å². The Kier molecular flexibility index (Phi) is 5.10. The minimum absolute atomic E-state index is 0.198. The van der Waals surface area contributed by atoms with Gasteiger partial charge in [0.1, 0.15) is 11.4 Å². The number of nitrogens with zero attached hydrogens (tertiary/aromatic N) is 2. The van der Waals surface area contributed by atoms with Crippen LogP contribution in [0.1, 0.15) is 5.56 Å². The van der Waals surface area contributed by atoms with Crippen molar-refractivity contribution in [2.45, 2.75) is 18.2 Å². The van der Waals surface area contributed by atoms with Crippen molar-refractivity contribution < 1.29 is 26.3 Å². The van der Waals surface area contributed by atoms with Crippen molar-refractivity contribution in [1.29, 1.82) is 0 Å². The number of hydrogen-bond acceptors (Lipinski definition) is 4. The molecule has 0 radical (unpaired) electrons. The van der Waals surface area contributed by atoms with E-state index in [-0.39, 0.29) is 4.90 Å². The van der Waals surface area contributed by atoms with Gasteiger partial charge in [-0.3, -0.25) is 4.72 Å². The van der Waals surface area contributed by atoms with Gasteiger partial charge in [-0.05, 0) is 61.0 Å². The van der Waals surface area contributed by atoms with Crippen LogP contribution in [0.15, 0.2) is 78.0 Å². The second-order valence-electron chi connectivity index (χ2n) is 6.80. The smallest absolute Gasteiger partial charge is 0.406 e. The van der Waals surface area contributed by atoms with Gasteiger partial charge in [-0.2, -0.15) is 0 Å². The van der Waals surface area contributed by atoms with Crippen LogP contribution in [-0.2, 0) is 10.0 Å². The molecule has 4 rings (SSSR count). The molecular weight excluding hydrogens is 431 g/mol. The number of anilines is 1. The zero-order valence-electron chi connectivity index (χ0n) is 16.1. The van der Waals surface area contributed by atoms with Gasteiger partial charge in [-0.25, -0.2) is 13.4 Å². The first kappa shape index (κ1) is 20.7. The lowest BCUT2D eigenvalue weighted by molar-refractivity contribution is -0.274. The normalized spacial score (nSPS) is 12.1. The van der Waals surface area contributed by atoms with Gasteiger partial charge in [0.15, 0.2) is 0 Å². The molecule has 0 saturated heterocycles. The fourth-order valence-corrected chi connectivity index (χ4v) is 4.05. The maximum absolute atomic E-state index is 12.6. The highest BCUT2D eigenvalue weighted by molar-refractivity contribution is 7.92. The van der Waals surface area contributed by atoms with E-state index in [4.69, 9.17) is 0 Å². The number of sulfonamides is 1. The summed E-state index contributed by atoms with van der Waals surface area (Å²) in [6, 6.07) is 14.5. The Labute approximate surface area is 176 Å². The molecule has 0 fully saturated rings. The predicted molar refractivity (Wildman–Crippen MR) is 109 cm³/mol. The van der Waals surface area contributed by atoms with Gasteiger partial charge in [0.2, 0.25) is 0 Å². The highest BCUT2D eigenvalue weighted by Crippen LogP contribution is 2.27. The molecule has 0 spiro atoms. The van der Waals surface area contributed by atoms with E-state index in [9.17, 15) is 21.6 Å². The van der Waals surface area contributed by atoms with E-state index < -0.39 is 22.1 Å². The SMILES string of the molecule is Cc1ccn2cc(-c3cccc(NS(=O)(=O)c4ccc(OC(F)(F)F)cc4)c3)nc2c1. The third kappa shape index (κ3) is 4.80. The summed E-state index contributed by atoms with van der Waals surface area (Å²) in [6.45, 7) is 1.96. The lowest BCUT2D eigenvalue weighted by atomic mass is 10.1. The second kappa shape index (κ2) is 7.62. The van der Waals surface area contributed by atoms with Crippen molar-refractivity contribution >= 4 is 21.4 Å². The molecule has 4 aromatic rings. The molecule has 160 valence electrons. The summed E-state index contributed by atoms with van der Waals surface area (Å²) < 4.78 is 70.1. The molecule has 1 N–H and O–H groups in total. The quantitative estimate of drug-likeness (QED) is 0.467. The first-order chi connectivity index (χ1) is 14.6. The molecule has 2 heterocycles. The first-order valence-electron chi connectivity index (χ1n) is 9.03. The summed E-state index contributed by atoms with van der Waals surface area (Å²) in [5.74, 6) is -0.504. The molecule has 0 aliphatic rings. The number of ether oxygens (including phenoxy) is 1. The zero-order chi connectivity index (χ0) is 22.2. The van der Waals surface area contributed by atoms with E-state index in [0.29, 0.717) is 16.9 Å². The lowest BCUT2D eigenvalue weighted by Crippen LogP contribution is -2.17. The highest BCUT2D eigenvalue weighted by atomic mass is 32.2. The van der Waals surface area contributed by atoms with Gasteiger partial charge >= 0.3 is 6.36 Å². The largest absolute Gasteiger partial charge is 0.573 e. The molecule has 0 bridgehead atoms. The number of aromatic nitrogens is 2. The summed E-state index contributed by atoms with van der Waals surface area (Å²) in [5.41, 5.74) is 3.50. The molecule has 31 heavy (non-hydrogen) atoms. The maximum Gasteiger partial charge on any atom is 0.573 e. The molecule has 0 amide bonds. The number of rotatable bonds is 5. The molecule has 2 aromatic carbocycles. The van der Waals surface area contributed by atoms with Crippen LogP contribution >= 0.6 is 0 Å². The summed E-state index contributed by atoms with van der Waals surface area (Å²) in [4.78, 5) is 4.36. The maximum atomic E-state index is 12.6. The average molecular weight is 447 g/mol. The van der Waals surface area contributed by atoms with Gasteiger partial charge in [-0.1, -0.05) is 12.1 Å². The van der Waals surface area contributed by atoms with Crippen molar-refractivity contribution in [1.82, 2.24) is 9.38 Å². The Morgan fingerprint density at radius 3 is 2.48 bits per heavy atom. The van der Waals surface area contributed by atoms with Crippen LogP contribution in [0.3, 0.4) is 0 Å². The summed E-state index contributed by atoms with van der Waals surface area (Å²) in [6.07, 6.45) is -1.13. The molecular formula is C21H16F3N3O3S. The van der Waals surface area contributed by atoms with E-state index in [1.807, 2.05) is 35.9 Å². The lowest BCUT2D eigenvalue weighted by Gasteiger charge is -2.11. The van der Waals surface area contributed by atoms with E-state index in [1.54, 1.807) is 24.3 Å². The number of hydrogen-bond donors (Lipinski definition) is 1. The molecule has 2 aromatic heterocycles. The fourth-order valence-electron chi connectivity index (χ4n) is 3.00. The van der Waals surface area contributed by atoms with Crippen LogP contribution in [0.25, 0.3) is 16.9 Å². The van der Waals surface area contributed by atoms with Crippen molar-refractivity contribution in [3.05, 3.63) is 78.6 Å². The monoisotopic (exact) mass is 447 g/mol. The van der Waals surface area contributed by atoms with Crippen LogP contribution in [0.5, 0.6) is 5.75 Å². The Balaban J connectivity index is 1.57. The number of alkyl halides is 3. The Bertz CT molecular complexity index is 1350. The summed E-state index contributed by atoms with van der Waals surface area (Å²) in [5, 5.41) is 0. The number of pyridine rings is 1. The molecule has 6 nitrogen and oxygen atoms in total. The number of halogens is 3. The third-order valence-corrected chi connectivity index (χ3v) is 5.79. The van der Waals surface area contributed by atoms with Crippen LogP contribution in [0.2, 0.25) is 0 Å². The fraction of sp³-hybridized carbons (Fsp3) is 0.0952. The predicted octanol–water partition coefficient (Wildman–Crippen LogP) is 5.01. The minimum atomic E-state index is -4.85. The molecule has 0 aliphatic heterocycles. The van der Waals surface area contributed by atoms with Crippen LogP contribution < -0.4 is 9.46 Å². The van der Waals surface area contributed by atoms with Crippen molar-refractivity contribution in [3.63, 3.8) is 0 Å². The standard InChI is InChI=1S/C21H16F3N3O3S/c1-14-9-10-27-13-19(25-20(27)11-14)15-3-2-4-16(12-15)26-31(28,29)18-7-5-17(6-8-18)30-21(22,23)24/h2-13,26H,1H3. The first-order valence-corrected chi connectivity index (χ1v) is 10.5. The van der Waals surface area contributed by atoms with Gasteiger partial charge in [0.25, 0.3) is 10.0 Å². The summed E-state index contributed by atoms with van der Waals surface area (Å²) >= 11 is 0. The van der Waals surface area contributed by atoms with Gasteiger partial charge in [0, 0.05) is 23.6 Å².